The van der Waals surface area contributed by atoms with Gasteiger partial charge in [0.05, 0.1) is 11.6 Å². The van der Waals surface area contributed by atoms with Crippen LogP contribution in [0.1, 0.15) is 46.2 Å². The van der Waals surface area contributed by atoms with Crippen molar-refractivity contribution in [1.29, 1.82) is 5.26 Å². The summed E-state index contributed by atoms with van der Waals surface area (Å²) in [6.07, 6.45) is 2.60. The number of aromatic nitrogens is 3. The quantitative estimate of drug-likeness (QED) is 0.702. The summed E-state index contributed by atoms with van der Waals surface area (Å²) in [5.41, 5.74) is 5.38. The first-order valence-electron chi connectivity index (χ1n) is 9.83. The highest BCUT2D eigenvalue weighted by Crippen LogP contribution is 2.51. The molecule has 29 heavy (non-hydrogen) atoms. The van der Waals surface area contributed by atoms with Crippen molar-refractivity contribution in [2.24, 2.45) is 17.8 Å². The van der Waals surface area contributed by atoms with Crippen LogP contribution in [0.2, 0.25) is 0 Å². The van der Waals surface area contributed by atoms with E-state index in [1.54, 1.807) is 19.1 Å². The lowest BCUT2D eigenvalue weighted by molar-refractivity contribution is -0.252. The van der Waals surface area contributed by atoms with Gasteiger partial charge in [0.15, 0.2) is 5.82 Å². The minimum Gasteiger partial charge on any atom is -0.460 e. The molecule has 0 unspecified atom stereocenters. The molecule has 0 amide bonds. The SMILES string of the molecule is CCC(CC)C(=O)OC[C@]1(O)O[C@@](C#N)(c2ccc3c(N)ncnn23)[C@H](C)[C@@H]1C. The number of nitriles is 1. The van der Waals surface area contributed by atoms with E-state index in [9.17, 15) is 15.2 Å². The highest BCUT2D eigenvalue weighted by molar-refractivity contribution is 5.72. The third-order valence-corrected chi connectivity index (χ3v) is 6.21. The molecule has 2 aromatic heterocycles. The second-order valence-corrected chi connectivity index (χ2v) is 7.65. The maximum atomic E-state index is 12.3. The Hall–Kier alpha value is -2.70. The Kier molecular flexibility index (Phi) is 5.52. The summed E-state index contributed by atoms with van der Waals surface area (Å²) >= 11 is 0. The normalized spacial score (nSPS) is 29.3. The number of nitrogens with zero attached hydrogens (tertiary/aromatic N) is 4. The first-order valence-corrected chi connectivity index (χ1v) is 9.83. The Bertz CT molecular complexity index is 950. The van der Waals surface area contributed by atoms with Gasteiger partial charge in [0.25, 0.3) is 0 Å². The number of esters is 1. The largest absolute Gasteiger partial charge is 0.460 e. The van der Waals surface area contributed by atoms with Gasteiger partial charge in [-0.25, -0.2) is 9.50 Å². The predicted octanol–water partition coefficient (Wildman–Crippen LogP) is 2.00. The molecule has 9 heteroatoms. The minimum absolute atomic E-state index is 0.234. The molecule has 0 spiro atoms. The average Bonchev–Trinajstić information content (AvgIpc) is 3.23. The topological polar surface area (TPSA) is 136 Å². The fourth-order valence-corrected chi connectivity index (χ4v) is 3.98. The first kappa shape index (κ1) is 21.0. The zero-order chi connectivity index (χ0) is 21.4. The summed E-state index contributed by atoms with van der Waals surface area (Å²) in [5, 5.41) is 25.5. The van der Waals surface area contributed by atoms with Crippen LogP contribution in [-0.4, -0.2) is 38.1 Å². The van der Waals surface area contributed by atoms with Crippen LogP contribution in [0.5, 0.6) is 0 Å². The molecule has 3 rings (SSSR count). The van der Waals surface area contributed by atoms with E-state index in [1.165, 1.54) is 10.8 Å². The zero-order valence-electron chi connectivity index (χ0n) is 17.1. The van der Waals surface area contributed by atoms with E-state index in [4.69, 9.17) is 15.2 Å². The van der Waals surface area contributed by atoms with E-state index in [1.807, 2.05) is 20.8 Å². The summed E-state index contributed by atoms with van der Waals surface area (Å²) in [4.78, 5) is 16.2. The molecule has 1 aliphatic heterocycles. The van der Waals surface area contributed by atoms with E-state index in [0.717, 1.165) is 0 Å². The number of ether oxygens (including phenoxy) is 2. The van der Waals surface area contributed by atoms with Gasteiger partial charge < -0.3 is 20.3 Å². The molecule has 3 heterocycles. The third kappa shape index (κ3) is 3.22. The molecular formula is C20H27N5O4. The number of hydrogen-bond acceptors (Lipinski definition) is 8. The number of rotatable bonds is 6. The predicted molar refractivity (Wildman–Crippen MR) is 104 cm³/mol. The lowest BCUT2D eigenvalue weighted by Gasteiger charge is -2.28. The van der Waals surface area contributed by atoms with Gasteiger partial charge in [-0.05, 0) is 25.0 Å². The number of anilines is 1. The Balaban J connectivity index is 1.94. The molecule has 1 aliphatic rings. The van der Waals surface area contributed by atoms with Crippen LogP contribution in [-0.2, 0) is 19.9 Å². The summed E-state index contributed by atoms with van der Waals surface area (Å²) < 4.78 is 12.9. The van der Waals surface area contributed by atoms with Gasteiger partial charge in [-0.1, -0.05) is 27.7 Å². The van der Waals surface area contributed by atoms with E-state index < -0.39 is 23.2 Å². The highest BCUT2D eigenvalue weighted by Gasteiger charge is 2.61. The van der Waals surface area contributed by atoms with Crippen molar-refractivity contribution >= 4 is 17.3 Å². The molecule has 156 valence electrons. The van der Waals surface area contributed by atoms with Crippen LogP contribution >= 0.6 is 0 Å². The van der Waals surface area contributed by atoms with Gasteiger partial charge in [0, 0.05) is 11.8 Å². The van der Waals surface area contributed by atoms with E-state index in [0.29, 0.717) is 24.1 Å². The van der Waals surface area contributed by atoms with Crippen molar-refractivity contribution in [1.82, 2.24) is 14.6 Å². The van der Waals surface area contributed by atoms with Gasteiger partial charge in [-0.3, -0.25) is 4.79 Å². The standard InChI is InChI=1S/C20H27N5O4/c1-5-14(6-2)18(26)28-10-20(27)13(4)12(3)19(9-21,29-20)16-8-7-15-17(22)23-11-24-25(15)16/h7-8,11-14,27H,5-6,10H2,1-4H3,(H2,22,23,24)/t12-,13+,19-,20+/m1/s1. The molecule has 0 aliphatic carbocycles. The number of fused-ring (bicyclic) bond motifs is 1. The third-order valence-electron chi connectivity index (χ3n) is 6.21. The molecule has 0 radical (unpaired) electrons. The molecule has 3 N–H and O–H groups in total. The summed E-state index contributed by atoms with van der Waals surface area (Å²) in [6.45, 7) is 7.06. The van der Waals surface area contributed by atoms with Crippen LogP contribution in [0.4, 0.5) is 5.82 Å². The molecule has 2 aromatic rings. The van der Waals surface area contributed by atoms with Crippen molar-refractivity contribution in [2.75, 3.05) is 12.3 Å². The Morgan fingerprint density at radius 2 is 2.10 bits per heavy atom. The van der Waals surface area contributed by atoms with E-state index in [-0.39, 0.29) is 24.3 Å². The van der Waals surface area contributed by atoms with Crippen molar-refractivity contribution in [3.8, 4) is 6.07 Å². The molecule has 9 nitrogen and oxygen atoms in total. The summed E-state index contributed by atoms with van der Waals surface area (Å²) in [6, 6.07) is 5.61. The molecule has 1 fully saturated rings. The van der Waals surface area contributed by atoms with Crippen molar-refractivity contribution in [2.45, 2.75) is 51.9 Å². The summed E-state index contributed by atoms with van der Waals surface area (Å²) in [7, 11) is 0. The number of aliphatic hydroxyl groups is 1. The van der Waals surface area contributed by atoms with Crippen LogP contribution in [0, 0.1) is 29.1 Å². The van der Waals surface area contributed by atoms with Crippen LogP contribution in [0.3, 0.4) is 0 Å². The maximum absolute atomic E-state index is 12.3. The number of carbonyl (C=O) groups is 1. The number of nitrogens with two attached hydrogens (primary N) is 1. The molecular weight excluding hydrogens is 374 g/mol. The van der Waals surface area contributed by atoms with Crippen molar-refractivity contribution in [3.63, 3.8) is 0 Å². The van der Waals surface area contributed by atoms with E-state index >= 15 is 0 Å². The van der Waals surface area contributed by atoms with Crippen molar-refractivity contribution < 1.29 is 19.4 Å². The van der Waals surface area contributed by atoms with Gasteiger partial charge in [-0.2, -0.15) is 10.4 Å². The van der Waals surface area contributed by atoms with Crippen LogP contribution in [0.15, 0.2) is 18.5 Å². The lowest BCUT2D eigenvalue weighted by atomic mass is 9.79. The zero-order valence-corrected chi connectivity index (χ0v) is 17.1. The average molecular weight is 401 g/mol. The molecule has 0 bridgehead atoms. The fraction of sp³-hybridized carbons (Fsp3) is 0.600. The maximum Gasteiger partial charge on any atom is 0.309 e. The molecule has 1 saturated heterocycles. The second-order valence-electron chi connectivity index (χ2n) is 7.65. The molecule has 4 atom stereocenters. The second kappa shape index (κ2) is 7.61. The first-order chi connectivity index (χ1) is 13.7. The van der Waals surface area contributed by atoms with Gasteiger partial charge in [0.1, 0.15) is 24.5 Å². The minimum atomic E-state index is -1.81. The van der Waals surface area contributed by atoms with Gasteiger partial charge in [-0.15, -0.1) is 0 Å². The van der Waals surface area contributed by atoms with Crippen LogP contribution in [0.25, 0.3) is 5.52 Å². The lowest BCUT2D eigenvalue weighted by Crippen LogP contribution is -2.42. The number of carbonyl (C=O) groups excluding carboxylic acids is 1. The monoisotopic (exact) mass is 401 g/mol. The Morgan fingerprint density at radius 1 is 1.41 bits per heavy atom. The van der Waals surface area contributed by atoms with Crippen LogP contribution < -0.4 is 5.73 Å². The highest BCUT2D eigenvalue weighted by atomic mass is 16.7. The number of hydrogen-bond donors (Lipinski definition) is 2. The Labute approximate surface area is 169 Å². The van der Waals surface area contributed by atoms with Gasteiger partial charge >= 0.3 is 5.97 Å². The molecule has 0 aromatic carbocycles. The van der Waals surface area contributed by atoms with Gasteiger partial charge in [0.2, 0.25) is 11.4 Å². The van der Waals surface area contributed by atoms with E-state index in [2.05, 4.69) is 16.2 Å². The fourth-order valence-electron chi connectivity index (χ4n) is 3.98. The Morgan fingerprint density at radius 3 is 2.72 bits per heavy atom. The summed E-state index contributed by atoms with van der Waals surface area (Å²) in [5.74, 6) is -3.05. The smallest absolute Gasteiger partial charge is 0.309 e. The number of nitrogen functional groups attached to an aromatic ring is 1. The molecule has 0 saturated carbocycles. The van der Waals surface area contributed by atoms with Crippen molar-refractivity contribution in [3.05, 3.63) is 24.2 Å².